The Morgan fingerprint density at radius 1 is 0.923 bits per heavy atom. The molecule has 0 radical (unpaired) electrons. The lowest BCUT2D eigenvalue weighted by atomic mass is 9.77. The molecule has 74 valence electrons. The molecule has 6 heteroatoms. The molecule has 0 atom stereocenters. The summed E-state index contributed by atoms with van der Waals surface area (Å²) in [6.07, 6.45) is 0. The van der Waals surface area contributed by atoms with Crippen molar-refractivity contribution < 1.29 is 29.7 Å². The van der Waals surface area contributed by atoms with Crippen molar-refractivity contribution in [2.45, 2.75) is 13.8 Å². The normalized spacial score (nSPS) is 11.3. The van der Waals surface area contributed by atoms with Crippen molar-refractivity contribution in [2.75, 3.05) is 0 Å². The molecule has 0 saturated heterocycles. The van der Waals surface area contributed by atoms with Crippen molar-refractivity contribution in [2.24, 2.45) is 11.3 Å². The van der Waals surface area contributed by atoms with E-state index in [2.05, 4.69) is 0 Å². The molecular formula is C7H10O6. The second-order valence-electron chi connectivity index (χ2n) is 2.88. The topological polar surface area (TPSA) is 112 Å². The van der Waals surface area contributed by atoms with Gasteiger partial charge in [-0.2, -0.15) is 0 Å². The predicted octanol–water partition coefficient (Wildman–Crippen LogP) is -0.117. The fourth-order valence-corrected chi connectivity index (χ4v) is 1.02. The minimum Gasteiger partial charge on any atom is -0.480 e. The van der Waals surface area contributed by atoms with Crippen LogP contribution in [0, 0.1) is 11.3 Å². The summed E-state index contributed by atoms with van der Waals surface area (Å²) in [7, 11) is 0. The number of hydrogen-bond donors (Lipinski definition) is 3. The van der Waals surface area contributed by atoms with E-state index >= 15 is 0 Å². The van der Waals surface area contributed by atoms with Crippen LogP contribution < -0.4 is 0 Å². The highest BCUT2D eigenvalue weighted by molar-refractivity contribution is 6.16. The number of carboxylic acid groups (broad SMARTS) is 3. The SMILES string of the molecule is CC(C)C(C(=O)O)(C(=O)O)C(=O)O. The molecule has 0 aliphatic heterocycles. The molecule has 0 aliphatic rings. The van der Waals surface area contributed by atoms with Crippen LogP contribution in [0.4, 0.5) is 0 Å². The Kier molecular flexibility index (Phi) is 3.00. The van der Waals surface area contributed by atoms with E-state index in [1.54, 1.807) is 0 Å². The van der Waals surface area contributed by atoms with Gasteiger partial charge in [-0.1, -0.05) is 13.8 Å². The van der Waals surface area contributed by atoms with Gasteiger partial charge in [0.15, 0.2) is 0 Å². The molecule has 0 heterocycles. The Morgan fingerprint density at radius 2 is 1.15 bits per heavy atom. The molecule has 0 spiro atoms. The predicted molar refractivity (Wildman–Crippen MR) is 40.2 cm³/mol. The number of carboxylic acids is 3. The summed E-state index contributed by atoms with van der Waals surface area (Å²) in [5, 5.41) is 25.7. The molecule has 0 aromatic heterocycles. The standard InChI is InChI=1S/C7H10O6/c1-3(2)7(4(8)9,5(10)11)6(12)13/h3H,1-2H3,(H,8,9)(H,10,11)(H,12,13). The van der Waals surface area contributed by atoms with E-state index in [0.29, 0.717) is 0 Å². The molecule has 13 heavy (non-hydrogen) atoms. The number of hydrogen-bond acceptors (Lipinski definition) is 3. The van der Waals surface area contributed by atoms with Crippen molar-refractivity contribution in [1.29, 1.82) is 0 Å². The van der Waals surface area contributed by atoms with E-state index in [1.165, 1.54) is 13.8 Å². The monoisotopic (exact) mass is 190 g/mol. The van der Waals surface area contributed by atoms with Crippen molar-refractivity contribution >= 4 is 17.9 Å². The maximum absolute atomic E-state index is 10.6. The van der Waals surface area contributed by atoms with Crippen LogP contribution in [-0.4, -0.2) is 33.2 Å². The van der Waals surface area contributed by atoms with Gasteiger partial charge in [0, 0.05) is 0 Å². The molecule has 0 rings (SSSR count). The average Bonchev–Trinajstić information content (AvgIpc) is 1.82. The van der Waals surface area contributed by atoms with Gasteiger partial charge in [0.2, 0.25) is 0 Å². The van der Waals surface area contributed by atoms with Crippen molar-refractivity contribution in [1.82, 2.24) is 0 Å². The second-order valence-corrected chi connectivity index (χ2v) is 2.88. The Morgan fingerprint density at radius 3 is 1.15 bits per heavy atom. The van der Waals surface area contributed by atoms with E-state index in [4.69, 9.17) is 15.3 Å². The van der Waals surface area contributed by atoms with E-state index in [1.807, 2.05) is 0 Å². The first-order valence-electron chi connectivity index (χ1n) is 3.48. The van der Waals surface area contributed by atoms with Gasteiger partial charge in [0.05, 0.1) is 0 Å². The molecule has 0 saturated carbocycles. The molecule has 0 amide bonds. The number of carbonyl (C=O) groups is 3. The highest BCUT2D eigenvalue weighted by atomic mass is 16.4. The van der Waals surface area contributed by atoms with Gasteiger partial charge in [-0.3, -0.25) is 14.4 Å². The molecule has 0 aromatic rings. The average molecular weight is 190 g/mol. The Bertz CT molecular complexity index is 218. The summed E-state index contributed by atoms with van der Waals surface area (Å²) in [5.41, 5.74) is -2.75. The summed E-state index contributed by atoms with van der Waals surface area (Å²) in [6.45, 7) is 2.46. The third kappa shape index (κ3) is 1.47. The third-order valence-electron chi connectivity index (χ3n) is 1.88. The first-order valence-corrected chi connectivity index (χ1v) is 3.48. The quantitative estimate of drug-likeness (QED) is 0.533. The van der Waals surface area contributed by atoms with Crippen molar-refractivity contribution in [3.63, 3.8) is 0 Å². The highest BCUT2D eigenvalue weighted by Gasteiger charge is 2.57. The lowest BCUT2D eigenvalue weighted by Gasteiger charge is -2.23. The van der Waals surface area contributed by atoms with Crippen LogP contribution in [0.2, 0.25) is 0 Å². The van der Waals surface area contributed by atoms with Crippen LogP contribution in [0.15, 0.2) is 0 Å². The Hall–Kier alpha value is -1.59. The molecule has 0 aliphatic carbocycles. The fraction of sp³-hybridized carbons (Fsp3) is 0.571. The van der Waals surface area contributed by atoms with Crippen molar-refractivity contribution in [3.8, 4) is 0 Å². The van der Waals surface area contributed by atoms with Gasteiger partial charge < -0.3 is 15.3 Å². The Balaban J connectivity index is 5.46. The smallest absolute Gasteiger partial charge is 0.333 e. The van der Waals surface area contributed by atoms with Crippen LogP contribution >= 0.6 is 0 Å². The van der Waals surface area contributed by atoms with E-state index in [-0.39, 0.29) is 0 Å². The maximum atomic E-state index is 10.6. The van der Waals surface area contributed by atoms with Crippen LogP contribution in [0.1, 0.15) is 13.8 Å². The van der Waals surface area contributed by atoms with Crippen molar-refractivity contribution in [3.05, 3.63) is 0 Å². The fourth-order valence-electron chi connectivity index (χ4n) is 1.02. The molecule has 3 N–H and O–H groups in total. The van der Waals surface area contributed by atoms with Gasteiger partial charge in [-0.05, 0) is 5.92 Å². The first-order chi connectivity index (χ1) is 5.77. The highest BCUT2D eigenvalue weighted by Crippen LogP contribution is 2.28. The summed E-state index contributed by atoms with van der Waals surface area (Å²) in [6, 6.07) is 0. The summed E-state index contributed by atoms with van der Waals surface area (Å²) in [4.78, 5) is 31.8. The van der Waals surface area contributed by atoms with Gasteiger partial charge in [0.25, 0.3) is 5.41 Å². The first kappa shape index (κ1) is 11.4. The van der Waals surface area contributed by atoms with Gasteiger partial charge in [-0.25, -0.2) is 0 Å². The van der Waals surface area contributed by atoms with Gasteiger partial charge >= 0.3 is 17.9 Å². The van der Waals surface area contributed by atoms with E-state index in [9.17, 15) is 14.4 Å². The lowest BCUT2D eigenvalue weighted by molar-refractivity contribution is -0.179. The molecular weight excluding hydrogens is 180 g/mol. The minimum absolute atomic E-state index is 1.03. The molecule has 0 fully saturated rings. The van der Waals surface area contributed by atoms with Gasteiger partial charge in [-0.15, -0.1) is 0 Å². The van der Waals surface area contributed by atoms with Crippen LogP contribution in [0.5, 0.6) is 0 Å². The summed E-state index contributed by atoms with van der Waals surface area (Å²) >= 11 is 0. The lowest BCUT2D eigenvalue weighted by Crippen LogP contribution is -2.50. The van der Waals surface area contributed by atoms with Gasteiger partial charge in [0.1, 0.15) is 0 Å². The second kappa shape index (κ2) is 3.42. The van der Waals surface area contributed by atoms with Crippen LogP contribution in [0.25, 0.3) is 0 Å². The largest absolute Gasteiger partial charge is 0.480 e. The Labute approximate surface area is 73.8 Å². The third-order valence-corrected chi connectivity index (χ3v) is 1.88. The summed E-state index contributed by atoms with van der Waals surface area (Å²) in [5.74, 6) is -6.60. The number of rotatable bonds is 4. The zero-order chi connectivity index (χ0) is 10.8. The molecule has 0 aromatic carbocycles. The zero-order valence-electron chi connectivity index (χ0n) is 7.14. The summed E-state index contributed by atoms with van der Waals surface area (Å²) < 4.78 is 0. The van der Waals surface area contributed by atoms with Crippen LogP contribution in [0.3, 0.4) is 0 Å². The zero-order valence-corrected chi connectivity index (χ0v) is 7.14. The van der Waals surface area contributed by atoms with Crippen LogP contribution in [-0.2, 0) is 14.4 Å². The molecule has 0 bridgehead atoms. The van der Waals surface area contributed by atoms with E-state index < -0.39 is 29.2 Å². The molecule has 6 nitrogen and oxygen atoms in total. The van der Waals surface area contributed by atoms with E-state index in [0.717, 1.165) is 0 Å². The number of aliphatic carboxylic acids is 3. The molecule has 0 unspecified atom stereocenters. The minimum atomic E-state index is -2.75. The maximum Gasteiger partial charge on any atom is 0.333 e.